The molecule has 5 nitrogen and oxygen atoms in total. The van der Waals surface area contributed by atoms with Gasteiger partial charge in [0.2, 0.25) is 0 Å². The molecule has 0 fully saturated rings. The molecule has 2 aromatic rings. The molecule has 1 aromatic heterocycles. The summed E-state index contributed by atoms with van der Waals surface area (Å²) < 4.78 is 0. The number of aromatic carboxylic acids is 1. The second-order valence-corrected chi connectivity index (χ2v) is 5.12. The van der Waals surface area contributed by atoms with Crippen LogP contribution in [-0.2, 0) is 0 Å². The van der Waals surface area contributed by atoms with Gasteiger partial charge in [0.05, 0.1) is 0 Å². The topological polar surface area (TPSA) is 75.1 Å². The number of hydrogen-bond acceptors (Lipinski definition) is 5. The summed E-state index contributed by atoms with van der Waals surface area (Å²) in [4.78, 5) is 19.4. The number of aryl methyl sites for hydroxylation is 2. The van der Waals surface area contributed by atoms with Crippen LogP contribution in [0.15, 0.2) is 29.6 Å². The van der Waals surface area contributed by atoms with Gasteiger partial charge in [0.25, 0.3) is 0 Å². The van der Waals surface area contributed by atoms with Crippen molar-refractivity contribution in [1.82, 2.24) is 9.97 Å². The van der Waals surface area contributed by atoms with Gasteiger partial charge in [-0.1, -0.05) is 17.8 Å². The van der Waals surface area contributed by atoms with E-state index in [1.54, 1.807) is 0 Å². The maximum atomic E-state index is 11.2. The number of carboxylic acids is 1. The van der Waals surface area contributed by atoms with Crippen LogP contribution in [-0.4, -0.2) is 27.3 Å². The minimum atomic E-state index is -1.05. The predicted octanol–water partition coefficient (Wildman–Crippen LogP) is 3.26. The summed E-state index contributed by atoms with van der Waals surface area (Å²) in [6, 6.07) is 5.84. The number of rotatable bonds is 4. The van der Waals surface area contributed by atoms with Crippen LogP contribution in [0.3, 0.4) is 0 Å². The van der Waals surface area contributed by atoms with Crippen molar-refractivity contribution in [2.75, 3.05) is 11.6 Å². The predicted molar refractivity (Wildman–Crippen MR) is 80.0 cm³/mol. The average Bonchev–Trinajstić information content (AvgIpc) is 2.42. The molecule has 0 amide bonds. The first-order valence-corrected chi connectivity index (χ1v) is 7.22. The van der Waals surface area contributed by atoms with Crippen molar-refractivity contribution >= 4 is 29.2 Å². The van der Waals surface area contributed by atoms with Crippen LogP contribution in [0, 0.1) is 13.8 Å². The molecule has 0 aliphatic carbocycles. The van der Waals surface area contributed by atoms with E-state index in [4.69, 9.17) is 0 Å². The minimum Gasteiger partial charge on any atom is -0.477 e. The zero-order valence-electron chi connectivity index (χ0n) is 11.5. The molecule has 20 heavy (non-hydrogen) atoms. The van der Waals surface area contributed by atoms with E-state index >= 15 is 0 Å². The Hall–Kier alpha value is -2.08. The van der Waals surface area contributed by atoms with E-state index < -0.39 is 5.97 Å². The number of hydrogen-bond donors (Lipinski definition) is 2. The highest BCUT2D eigenvalue weighted by atomic mass is 32.2. The Labute approximate surface area is 121 Å². The maximum Gasteiger partial charge on any atom is 0.341 e. The summed E-state index contributed by atoms with van der Waals surface area (Å²) in [7, 11) is 0. The fourth-order valence-corrected chi connectivity index (χ4v) is 2.01. The van der Waals surface area contributed by atoms with Gasteiger partial charge in [0, 0.05) is 11.9 Å². The van der Waals surface area contributed by atoms with Crippen molar-refractivity contribution in [3.8, 4) is 0 Å². The van der Waals surface area contributed by atoms with Crippen molar-refractivity contribution in [1.29, 1.82) is 0 Å². The summed E-state index contributed by atoms with van der Waals surface area (Å²) in [5.41, 5.74) is 3.18. The average molecular weight is 289 g/mol. The van der Waals surface area contributed by atoms with Gasteiger partial charge >= 0.3 is 5.97 Å². The van der Waals surface area contributed by atoms with Gasteiger partial charge in [-0.15, -0.1) is 0 Å². The zero-order valence-corrected chi connectivity index (χ0v) is 12.3. The summed E-state index contributed by atoms with van der Waals surface area (Å²) >= 11 is 1.36. The van der Waals surface area contributed by atoms with Crippen LogP contribution in [0.25, 0.3) is 0 Å². The van der Waals surface area contributed by atoms with Crippen LogP contribution in [0.1, 0.15) is 21.5 Å². The smallest absolute Gasteiger partial charge is 0.341 e. The molecule has 0 aliphatic rings. The van der Waals surface area contributed by atoms with Crippen LogP contribution in [0.5, 0.6) is 0 Å². The van der Waals surface area contributed by atoms with Crippen LogP contribution in [0.2, 0.25) is 0 Å². The lowest BCUT2D eigenvalue weighted by Crippen LogP contribution is -2.07. The Morgan fingerprint density at radius 3 is 2.65 bits per heavy atom. The number of carboxylic acid groups (broad SMARTS) is 1. The van der Waals surface area contributed by atoms with Gasteiger partial charge in [-0.05, 0) is 43.4 Å². The molecule has 2 N–H and O–H groups in total. The van der Waals surface area contributed by atoms with Gasteiger partial charge in [0.15, 0.2) is 5.16 Å². The van der Waals surface area contributed by atoms with Gasteiger partial charge in [-0.25, -0.2) is 14.8 Å². The summed E-state index contributed by atoms with van der Waals surface area (Å²) in [6.45, 7) is 4.03. The molecule has 0 bridgehead atoms. The highest BCUT2D eigenvalue weighted by Gasteiger charge is 2.13. The van der Waals surface area contributed by atoms with Gasteiger partial charge in [-0.3, -0.25) is 0 Å². The standard InChI is InChI=1S/C14H15N3O2S/c1-8-4-5-10(6-9(8)2)16-12-11(13(18)19)7-15-14(17-12)20-3/h4-7H,1-3H3,(H,18,19)(H,15,16,17). The molecule has 0 saturated carbocycles. The highest BCUT2D eigenvalue weighted by molar-refractivity contribution is 7.98. The number of benzene rings is 1. The van der Waals surface area contributed by atoms with Gasteiger partial charge < -0.3 is 10.4 Å². The quantitative estimate of drug-likeness (QED) is 0.664. The van der Waals surface area contributed by atoms with E-state index in [1.165, 1.54) is 23.5 Å². The Morgan fingerprint density at radius 1 is 1.30 bits per heavy atom. The fourth-order valence-electron chi connectivity index (χ4n) is 1.67. The second-order valence-electron chi connectivity index (χ2n) is 4.35. The van der Waals surface area contributed by atoms with Crippen LogP contribution >= 0.6 is 11.8 Å². The molecule has 2 rings (SSSR count). The first kappa shape index (κ1) is 14.3. The SMILES string of the molecule is CSc1ncc(C(=O)O)c(Nc2ccc(C)c(C)c2)n1. The molecule has 0 radical (unpaired) electrons. The molecule has 0 unspecified atom stereocenters. The highest BCUT2D eigenvalue weighted by Crippen LogP contribution is 2.22. The third kappa shape index (κ3) is 3.08. The van der Waals surface area contributed by atoms with Crippen molar-refractivity contribution in [2.24, 2.45) is 0 Å². The molecule has 1 heterocycles. The third-order valence-corrected chi connectivity index (χ3v) is 3.51. The molecule has 0 aliphatic heterocycles. The number of carbonyl (C=O) groups is 1. The van der Waals surface area contributed by atoms with Crippen molar-refractivity contribution in [3.05, 3.63) is 41.1 Å². The molecule has 0 saturated heterocycles. The Balaban J connectivity index is 2.40. The first-order chi connectivity index (χ1) is 9.51. The van der Waals surface area contributed by atoms with Crippen LogP contribution < -0.4 is 5.32 Å². The first-order valence-electron chi connectivity index (χ1n) is 6.00. The number of aromatic nitrogens is 2. The number of nitrogens with zero attached hydrogens (tertiary/aromatic N) is 2. The van der Waals surface area contributed by atoms with Crippen LogP contribution in [0.4, 0.5) is 11.5 Å². The molecule has 0 atom stereocenters. The second kappa shape index (κ2) is 5.92. The van der Waals surface area contributed by atoms with Gasteiger partial charge in [-0.2, -0.15) is 0 Å². The zero-order chi connectivity index (χ0) is 14.7. The third-order valence-electron chi connectivity index (χ3n) is 2.95. The minimum absolute atomic E-state index is 0.0565. The number of nitrogens with one attached hydrogen (secondary N) is 1. The Bertz CT molecular complexity index is 659. The van der Waals surface area contributed by atoms with Crippen molar-refractivity contribution in [3.63, 3.8) is 0 Å². The number of thioether (sulfide) groups is 1. The van der Waals surface area contributed by atoms with Crippen molar-refractivity contribution in [2.45, 2.75) is 19.0 Å². The molecule has 104 valence electrons. The number of anilines is 2. The monoisotopic (exact) mass is 289 g/mol. The normalized spacial score (nSPS) is 10.3. The summed E-state index contributed by atoms with van der Waals surface area (Å²) in [5.74, 6) is -0.746. The van der Waals surface area contributed by atoms with Crippen molar-refractivity contribution < 1.29 is 9.90 Å². The molecule has 0 spiro atoms. The lowest BCUT2D eigenvalue weighted by Gasteiger charge is -2.10. The maximum absolute atomic E-state index is 11.2. The largest absolute Gasteiger partial charge is 0.477 e. The summed E-state index contributed by atoms with van der Waals surface area (Å²) in [5, 5.41) is 12.8. The molecule has 1 aromatic carbocycles. The molecular weight excluding hydrogens is 274 g/mol. The molecule has 6 heteroatoms. The van der Waals surface area contributed by atoms with Gasteiger partial charge in [0.1, 0.15) is 11.4 Å². The van der Waals surface area contributed by atoms with E-state index in [-0.39, 0.29) is 5.56 Å². The van der Waals surface area contributed by atoms with E-state index in [0.29, 0.717) is 11.0 Å². The van der Waals surface area contributed by atoms with E-state index in [2.05, 4.69) is 15.3 Å². The lowest BCUT2D eigenvalue weighted by molar-refractivity contribution is 0.0697. The Kier molecular flexibility index (Phi) is 4.24. The van der Waals surface area contributed by atoms with E-state index in [0.717, 1.165) is 11.3 Å². The Morgan fingerprint density at radius 2 is 2.05 bits per heavy atom. The summed E-state index contributed by atoms with van der Waals surface area (Å²) in [6.07, 6.45) is 3.17. The lowest BCUT2D eigenvalue weighted by atomic mass is 10.1. The van der Waals surface area contributed by atoms with E-state index in [9.17, 15) is 9.90 Å². The molecular formula is C14H15N3O2S. The van der Waals surface area contributed by atoms with E-state index in [1.807, 2.05) is 38.3 Å². The fraction of sp³-hybridized carbons (Fsp3) is 0.214.